The van der Waals surface area contributed by atoms with Gasteiger partial charge >= 0.3 is 0 Å². The monoisotopic (exact) mass is 403 g/mol. The van der Waals surface area contributed by atoms with E-state index < -0.39 is 24.2 Å². The molecule has 0 radical (unpaired) electrons. The molecule has 0 atom stereocenters. The molecule has 0 saturated carbocycles. The lowest BCUT2D eigenvalue weighted by Gasteiger charge is -2.08. The van der Waals surface area contributed by atoms with Crippen molar-refractivity contribution in [2.45, 2.75) is 6.92 Å². The van der Waals surface area contributed by atoms with Crippen LogP contribution in [0.15, 0.2) is 47.6 Å². The van der Waals surface area contributed by atoms with Crippen LogP contribution in [0.4, 0.5) is 4.39 Å². The van der Waals surface area contributed by atoms with Crippen LogP contribution in [0.1, 0.15) is 12.5 Å². The zero-order chi connectivity index (χ0) is 20.6. The van der Waals surface area contributed by atoms with Crippen LogP contribution in [0.5, 0.6) is 17.2 Å². The van der Waals surface area contributed by atoms with Crippen LogP contribution in [0.2, 0.25) is 0 Å². The summed E-state index contributed by atoms with van der Waals surface area (Å²) in [6, 6.07) is 10.5. The number of carbonyl (C=O) groups is 2. The number of hydrogen-bond acceptors (Lipinski definition) is 7. The molecule has 1 aliphatic rings. The third kappa shape index (κ3) is 5.83. The lowest BCUT2D eigenvalue weighted by molar-refractivity contribution is -0.132. The number of nitrogens with zero attached hydrogens (tertiary/aromatic N) is 1. The highest BCUT2D eigenvalue weighted by atomic mass is 19.1. The number of ether oxygens (including phenoxy) is 3. The van der Waals surface area contributed by atoms with Crippen molar-refractivity contribution in [3.8, 4) is 17.2 Å². The Kier molecular flexibility index (Phi) is 6.46. The molecule has 29 heavy (non-hydrogen) atoms. The van der Waals surface area contributed by atoms with E-state index in [1.54, 1.807) is 25.1 Å². The Morgan fingerprint density at radius 1 is 1.03 bits per heavy atom. The van der Waals surface area contributed by atoms with Crippen LogP contribution in [0.25, 0.3) is 0 Å². The summed E-state index contributed by atoms with van der Waals surface area (Å²) in [4.78, 5) is 28.3. The number of carbonyl (C=O) groups excluding carboxylic acids is 2. The van der Waals surface area contributed by atoms with E-state index in [0.29, 0.717) is 23.0 Å². The van der Waals surface area contributed by atoms with Crippen LogP contribution >= 0.6 is 0 Å². The molecule has 9 nitrogen and oxygen atoms in total. The summed E-state index contributed by atoms with van der Waals surface area (Å²) in [5.74, 6) is -0.0264. The first kappa shape index (κ1) is 19.9. The standard InChI is InChI=1S/C19H18FN3O6/c1-12(13-2-7-16-17(8-13)28-11-27-16)23-29-10-19(25)22-21-18(24)9-26-15-5-3-14(20)4-6-15/h2-8H,9-11H2,1H3,(H,21,24)(H,22,25)/b23-12-. The van der Waals surface area contributed by atoms with Crippen molar-refractivity contribution in [1.82, 2.24) is 10.9 Å². The van der Waals surface area contributed by atoms with E-state index >= 15 is 0 Å². The number of oxime groups is 1. The molecular formula is C19H18FN3O6. The predicted molar refractivity (Wildman–Crippen MR) is 98.9 cm³/mol. The highest BCUT2D eigenvalue weighted by molar-refractivity contribution is 5.99. The maximum absolute atomic E-state index is 12.8. The number of nitrogens with one attached hydrogen (secondary N) is 2. The number of benzene rings is 2. The van der Waals surface area contributed by atoms with Crippen molar-refractivity contribution in [3.05, 3.63) is 53.8 Å². The summed E-state index contributed by atoms with van der Waals surface area (Å²) >= 11 is 0. The number of fused-ring (bicyclic) bond motifs is 1. The van der Waals surface area contributed by atoms with Gasteiger partial charge in [-0.1, -0.05) is 5.16 Å². The van der Waals surface area contributed by atoms with E-state index in [1.807, 2.05) is 0 Å². The number of amides is 2. The van der Waals surface area contributed by atoms with Crippen molar-refractivity contribution in [2.24, 2.45) is 5.16 Å². The Morgan fingerprint density at radius 3 is 2.48 bits per heavy atom. The fraction of sp³-hybridized carbons (Fsp3) is 0.211. The summed E-state index contributed by atoms with van der Waals surface area (Å²) in [7, 11) is 0. The van der Waals surface area contributed by atoms with Crippen molar-refractivity contribution in [3.63, 3.8) is 0 Å². The van der Waals surface area contributed by atoms with E-state index in [4.69, 9.17) is 19.0 Å². The molecule has 10 heteroatoms. The summed E-state index contributed by atoms with van der Waals surface area (Å²) in [6.45, 7) is 1.13. The van der Waals surface area contributed by atoms with Crippen molar-refractivity contribution < 1.29 is 33.0 Å². The number of halogens is 1. The zero-order valence-corrected chi connectivity index (χ0v) is 15.4. The van der Waals surface area contributed by atoms with Gasteiger partial charge < -0.3 is 19.0 Å². The van der Waals surface area contributed by atoms with Gasteiger partial charge in [-0.15, -0.1) is 0 Å². The van der Waals surface area contributed by atoms with Crippen LogP contribution < -0.4 is 25.1 Å². The molecule has 152 valence electrons. The molecular weight excluding hydrogens is 385 g/mol. The molecule has 2 amide bonds. The summed E-state index contributed by atoms with van der Waals surface area (Å²) in [5, 5.41) is 3.86. The second-order valence-electron chi connectivity index (χ2n) is 5.86. The van der Waals surface area contributed by atoms with Crippen LogP contribution in [-0.2, 0) is 14.4 Å². The van der Waals surface area contributed by atoms with Crippen molar-refractivity contribution in [1.29, 1.82) is 0 Å². The van der Waals surface area contributed by atoms with Gasteiger partial charge in [-0.05, 0) is 49.4 Å². The highest BCUT2D eigenvalue weighted by Gasteiger charge is 2.14. The minimum absolute atomic E-state index is 0.173. The topological polar surface area (TPSA) is 107 Å². The number of hydrogen-bond donors (Lipinski definition) is 2. The smallest absolute Gasteiger partial charge is 0.279 e. The van der Waals surface area contributed by atoms with E-state index in [-0.39, 0.29) is 13.4 Å². The van der Waals surface area contributed by atoms with Gasteiger partial charge in [0.05, 0.1) is 5.71 Å². The van der Waals surface area contributed by atoms with E-state index in [2.05, 4.69) is 16.0 Å². The van der Waals surface area contributed by atoms with Gasteiger partial charge in [0.25, 0.3) is 11.8 Å². The quantitative estimate of drug-likeness (QED) is 0.536. The summed E-state index contributed by atoms with van der Waals surface area (Å²) in [6.07, 6.45) is 0. The van der Waals surface area contributed by atoms with Crippen LogP contribution in [-0.4, -0.2) is 37.5 Å². The Hall–Kier alpha value is -3.82. The average Bonchev–Trinajstić information content (AvgIpc) is 3.19. The van der Waals surface area contributed by atoms with E-state index in [9.17, 15) is 14.0 Å². The number of hydrazine groups is 1. The van der Waals surface area contributed by atoms with Gasteiger partial charge in [0.2, 0.25) is 6.79 Å². The first-order valence-electron chi connectivity index (χ1n) is 8.54. The third-order valence-electron chi connectivity index (χ3n) is 3.71. The van der Waals surface area contributed by atoms with Crippen LogP contribution in [0, 0.1) is 5.82 Å². The molecule has 0 aromatic heterocycles. The van der Waals surface area contributed by atoms with Gasteiger partial charge in [0.15, 0.2) is 24.7 Å². The fourth-order valence-electron chi connectivity index (χ4n) is 2.25. The Balaban J connectivity index is 1.36. The molecule has 0 bridgehead atoms. The molecule has 1 aliphatic heterocycles. The predicted octanol–water partition coefficient (Wildman–Crippen LogP) is 1.52. The third-order valence-corrected chi connectivity index (χ3v) is 3.71. The largest absolute Gasteiger partial charge is 0.484 e. The zero-order valence-electron chi connectivity index (χ0n) is 15.4. The molecule has 1 heterocycles. The highest BCUT2D eigenvalue weighted by Crippen LogP contribution is 2.32. The molecule has 2 aromatic carbocycles. The maximum Gasteiger partial charge on any atom is 0.279 e. The SMILES string of the molecule is C/C(=N/OCC(=O)NNC(=O)COc1ccc(F)cc1)c1ccc2c(c1)OCO2. The van der Waals surface area contributed by atoms with Crippen molar-refractivity contribution >= 4 is 17.5 Å². The summed E-state index contributed by atoms with van der Waals surface area (Å²) in [5.41, 5.74) is 5.62. The molecule has 0 unspecified atom stereocenters. The Labute approximate surface area is 165 Å². The lowest BCUT2D eigenvalue weighted by Crippen LogP contribution is -2.45. The first-order chi connectivity index (χ1) is 14.0. The van der Waals surface area contributed by atoms with E-state index in [1.165, 1.54) is 24.3 Å². The second kappa shape index (κ2) is 9.40. The lowest BCUT2D eigenvalue weighted by atomic mass is 10.1. The first-order valence-corrected chi connectivity index (χ1v) is 8.54. The molecule has 3 rings (SSSR count). The van der Waals surface area contributed by atoms with Gasteiger partial charge in [-0.3, -0.25) is 20.4 Å². The fourth-order valence-corrected chi connectivity index (χ4v) is 2.25. The van der Waals surface area contributed by atoms with Gasteiger partial charge in [0.1, 0.15) is 11.6 Å². The van der Waals surface area contributed by atoms with E-state index in [0.717, 1.165) is 5.56 Å². The molecule has 2 aromatic rings. The van der Waals surface area contributed by atoms with Crippen molar-refractivity contribution in [2.75, 3.05) is 20.0 Å². The summed E-state index contributed by atoms with van der Waals surface area (Å²) < 4.78 is 28.5. The molecule has 0 aliphatic carbocycles. The normalized spacial score (nSPS) is 12.3. The molecule has 0 spiro atoms. The van der Waals surface area contributed by atoms with Gasteiger partial charge in [0, 0.05) is 5.56 Å². The Bertz CT molecular complexity index is 917. The second-order valence-corrected chi connectivity index (χ2v) is 5.86. The van der Waals surface area contributed by atoms with Crippen LogP contribution in [0.3, 0.4) is 0 Å². The number of rotatable bonds is 7. The minimum Gasteiger partial charge on any atom is -0.484 e. The maximum atomic E-state index is 12.8. The molecule has 0 fully saturated rings. The molecule has 0 saturated heterocycles. The molecule has 2 N–H and O–H groups in total. The van der Waals surface area contributed by atoms with Gasteiger partial charge in [-0.25, -0.2) is 4.39 Å². The minimum atomic E-state index is -0.609. The van der Waals surface area contributed by atoms with Gasteiger partial charge in [-0.2, -0.15) is 0 Å². The average molecular weight is 403 g/mol. The Morgan fingerprint density at radius 2 is 1.72 bits per heavy atom.